The molecule has 0 unspecified atom stereocenters. The van der Waals surface area contributed by atoms with Crippen LogP contribution in [0.2, 0.25) is 0 Å². The predicted molar refractivity (Wildman–Crippen MR) is 155 cm³/mol. The van der Waals surface area contributed by atoms with E-state index in [1.165, 1.54) is 47.6 Å². The maximum Gasteiger partial charge on any atom is 0.248 e. The van der Waals surface area contributed by atoms with E-state index in [9.17, 15) is 23.0 Å². The first-order valence-corrected chi connectivity index (χ1v) is 15.4. The Morgan fingerprint density at radius 3 is 2.48 bits per heavy atom. The van der Waals surface area contributed by atoms with Gasteiger partial charge in [-0.3, -0.25) is 23.5 Å². The summed E-state index contributed by atoms with van der Waals surface area (Å²) in [5, 5.41) is 7.52. The number of carbonyl (C=O) groups excluding carboxylic acids is 3. The van der Waals surface area contributed by atoms with Crippen LogP contribution in [0.5, 0.6) is 5.75 Å². The molecule has 1 saturated carbocycles. The van der Waals surface area contributed by atoms with Gasteiger partial charge in [0.25, 0.3) is 0 Å². The third-order valence-corrected chi connectivity index (χ3v) is 8.65. The van der Waals surface area contributed by atoms with Crippen LogP contribution in [0.3, 0.4) is 0 Å². The molecular formula is C29H32FN3O5S2. The number of rotatable bonds is 11. The molecule has 0 spiro atoms. The van der Waals surface area contributed by atoms with Crippen molar-refractivity contribution in [1.29, 1.82) is 0 Å². The van der Waals surface area contributed by atoms with Crippen molar-refractivity contribution in [2.75, 3.05) is 28.8 Å². The highest BCUT2D eigenvalue weighted by atomic mass is 32.2. The molecule has 212 valence electrons. The predicted octanol–water partition coefficient (Wildman–Crippen LogP) is 4.81. The summed E-state index contributed by atoms with van der Waals surface area (Å²) in [6, 6.07) is 14.6. The maximum absolute atomic E-state index is 13.8. The first-order valence-electron chi connectivity index (χ1n) is 13.0. The van der Waals surface area contributed by atoms with Gasteiger partial charge in [0.1, 0.15) is 29.1 Å². The Labute approximate surface area is 239 Å². The monoisotopic (exact) mass is 585 g/mol. The van der Waals surface area contributed by atoms with E-state index in [0.29, 0.717) is 22.0 Å². The van der Waals surface area contributed by atoms with Gasteiger partial charge < -0.3 is 15.4 Å². The first kappa shape index (κ1) is 29.4. The number of methoxy groups -OCH3 is 1. The fraction of sp³-hybridized carbons (Fsp3) is 0.345. The van der Waals surface area contributed by atoms with Crippen molar-refractivity contribution in [1.82, 2.24) is 5.32 Å². The average molecular weight is 586 g/mol. The van der Waals surface area contributed by atoms with Crippen LogP contribution in [0, 0.1) is 5.82 Å². The Kier molecular flexibility index (Phi) is 10.4. The number of carbonyl (C=O) groups is 3. The molecule has 2 N–H and O–H groups in total. The second kappa shape index (κ2) is 14.2. The summed E-state index contributed by atoms with van der Waals surface area (Å²) in [7, 11) is -0.373. The van der Waals surface area contributed by atoms with Gasteiger partial charge in [0.2, 0.25) is 17.7 Å². The molecule has 0 aliphatic heterocycles. The third-order valence-electron chi connectivity index (χ3n) is 6.58. The highest BCUT2D eigenvalue weighted by Crippen LogP contribution is 2.33. The Balaban J connectivity index is 1.57. The van der Waals surface area contributed by atoms with Crippen LogP contribution in [-0.4, -0.2) is 46.6 Å². The van der Waals surface area contributed by atoms with Gasteiger partial charge in [-0.15, -0.1) is 11.3 Å². The van der Waals surface area contributed by atoms with Crippen LogP contribution >= 0.6 is 11.3 Å². The number of nitrogens with one attached hydrogen (secondary N) is 2. The number of hydrogen-bond donors (Lipinski definition) is 2. The summed E-state index contributed by atoms with van der Waals surface area (Å²) < 4.78 is 31.5. The zero-order valence-electron chi connectivity index (χ0n) is 22.1. The number of halogens is 1. The summed E-state index contributed by atoms with van der Waals surface area (Å²) >= 11 is 1.35. The molecule has 1 heterocycles. The molecular weight excluding hydrogens is 553 g/mol. The van der Waals surface area contributed by atoms with E-state index in [4.69, 9.17) is 4.74 Å². The van der Waals surface area contributed by atoms with Crippen molar-refractivity contribution in [3.63, 3.8) is 0 Å². The van der Waals surface area contributed by atoms with E-state index in [2.05, 4.69) is 10.6 Å². The maximum atomic E-state index is 13.8. The van der Waals surface area contributed by atoms with Crippen molar-refractivity contribution in [3.05, 3.63) is 76.7 Å². The first-order chi connectivity index (χ1) is 19.3. The quantitative estimate of drug-likeness (QED) is 0.336. The van der Waals surface area contributed by atoms with Gasteiger partial charge in [0.05, 0.1) is 7.11 Å². The molecule has 2 atom stereocenters. The van der Waals surface area contributed by atoms with E-state index in [-0.39, 0.29) is 11.9 Å². The fourth-order valence-corrected chi connectivity index (χ4v) is 6.37. The molecule has 1 aliphatic carbocycles. The van der Waals surface area contributed by atoms with E-state index in [1.807, 2.05) is 11.4 Å². The van der Waals surface area contributed by atoms with Crippen LogP contribution < -0.4 is 20.3 Å². The van der Waals surface area contributed by atoms with Gasteiger partial charge in [-0.25, -0.2) is 4.39 Å². The number of hydrogen-bond acceptors (Lipinski definition) is 6. The zero-order valence-corrected chi connectivity index (χ0v) is 23.8. The smallest absolute Gasteiger partial charge is 0.248 e. The van der Waals surface area contributed by atoms with Crippen LogP contribution in [0.1, 0.15) is 43.0 Å². The Hall–Kier alpha value is -3.57. The van der Waals surface area contributed by atoms with E-state index in [0.717, 1.165) is 32.1 Å². The zero-order chi connectivity index (χ0) is 28.5. The molecule has 1 aromatic heterocycles. The number of ether oxygens (including phenoxy) is 1. The van der Waals surface area contributed by atoms with Gasteiger partial charge in [-0.05, 0) is 60.7 Å². The molecule has 0 bridgehead atoms. The SMILES string of the molecule is COc1cccc(N(C(=O)C[S@@](=O)CC(=O)Nc2ccc(F)cc2)[C@@H](C(=O)NC2CCCCC2)c2cccs2)c1. The minimum Gasteiger partial charge on any atom is -0.497 e. The van der Waals surface area contributed by atoms with Crippen molar-refractivity contribution in [2.45, 2.75) is 44.2 Å². The summed E-state index contributed by atoms with van der Waals surface area (Å²) in [6.45, 7) is 0. The Bertz CT molecular complexity index is 1330. The topological polar surface area (TPSA) is 105 Å². The number of anilines is 2. The molecule has 11 heteroatoms. The van der Waals surface area contributed by atoms with E-state index >= 15 is 0 Å². The van der Waals surface area contributed by atoms with Crippen molar-refractivity contribution < 1.29 is 27.7 Å². The van der Waals surface area contributed by atoms with Crippen molar-refractivity contribution in [3.8, 4) is 5.75 Å². The molecule has 1 aliphatic rings. The molecule has 2 aromatic carbocycles. The number of thiophene rings is 1. The minimum absolute atomic E-state index is 0.0234. The lowest BCUT2D eigenvalue weighted by Gasteiger charge is -2.32. The third kappa shape index (κ3) is 7.98. The van der Waals surface area contributed by atoms with Crippen LogP contribution in [0.4, 0.5) is 15.8 Å². The highest BCUT2D eigenvalue weighted by molar-refractivity contribution is 7.86. The van der Waals surface area contributed by atoms with Crippen molar-refractivity contribution in [2.24, 2.45) is 0 Å². The second-order valence-electron chi connectivity index (χ2n) is 9.51. The normalized spacial score (nSPS) is 15.1. The lowest BCUT2D eigenvalue weighted by Crippen LogP contribution is -2.48. The van der Waals surface area contributed by atoms with E-state index in [1.54, 1.807) is 30.3 Å². The summed E-state index contributed by atoms with van der Waals surface area (Å²) in [6.07, 6.45) is 4.96. The van der Waals surface area contributed by atoms with Gasteiger partial charge in [0.15, 0.2) is 0 Å². The van der Waals surface area contributed by atoms with Gasteiger partial charge in [-0.1, -0.05) is 31.4 Å². The van der Waals surface area contributed by atoms with Gasteiger partial charge >= 0.3 is 0 Å². The van der Waals surface area contributed by atoms with Gasteiger partial charge in [-0.2, -0.15) is 0 Å². The average Bonchev–Trinajstić information content (AvgIpc) is 3.47. The molecule has 0 saturated heterocycles. The summed E-state index contributed by atoms with van der Waals surface area (Å²) in [5.41, 5.74) is 0.763. The molecule has 0 radical (unpaired) electrons. The highest BCUT2D eigenvalue weighted by Gasteiger charge is 2.35. The number of amides is 3. The van der Waals surface area contributed by atoms with Crippen molar-refractivity contribution >= 4 is 51.2 Å². The summed E-state index contributed by atoms with van der Waals surface area (Å²) in [4.78, 5) is 42.1. The molecule has 3 amide bonds. The van der Waals surface area contributed by atoms with Crippen LogP contribution in [-0.2, 0) is 25.2 Å². The largest absolute Gasteiger partial charge is 0.497 e. The van der Waals surface area contributed by atoms with Crippen LogP contribution in [0.25, 0.3) is 0 Å². The molecule has 1 fully saturated rings. The Morgan fingerprint density at radius 2 is 1.80 bits per heavy atom. The standard InChI is InChI=1S/C29H32FN3O5S2/c1-38-24-10-5-9-23(17-24)33(27(35)19-40(37)18-26(34)31-22-14-12-20(30)13-15-22)28(25-11-6-16-39-25)29(36)32-21-7-3-2-4-8-21/h5-6,9-17,21,28H,2-4,7-8,18-19H2,1H3,(H,31,34)(H,32,36)/t28-,40+/m1/s1. The Morgan fingerprint density at radius 1 is 1.05 bits per heavy atom. The lowest BCUT2D eigenvalue weighted by molar-refractivity contribution is -0.126. The number of nitrogens with zero attached hydrogens (tertiary/aromatic N) is 1. The second-order valence-corrected chi connectivity index (χ2v) is 11.9. The minimum atomic E-state index is -1.88. The molecule has 3 aromatic rings. The molecule has 8 nitrogen and oxygen atoms in total. The molecule has 4 rings (SSSR count). The van der Waals surface area contributed by atoms with E-state index < -0.39 is 46.0 Å². The van der Waals surface area contributed by atoms with Crippen LogP contribution in [0.15, 0.2) is 66.0 Å². The van der Waals surface area contributed by atoms with Gasteiger partial charge in [0, 0.05) is 39.2 Å². The number of benzene rings is 2. The summed E-state index contributed by atoms with van der Waals surface area (Å²) in [5.74, 6) is -2.33. The lowest BCUT2D eigenvalue weighted by atomic mass is 9.95. The fourth-order valence-electron chi connectivity index (χ4n) is 4.68. The molecule has 40 heavy (non-hydrogen) atoms.